The van der Waals surface area contributed by atoms with Crippen LogP contribution in [0.25, 0.3) is 0 Å². The summed E-state index contributed by atoms with van der Waals surface area (Å²) >= 11 is 0. The summed E-state index contributed by atoms with van der Waals surface area (Å²) in [6.45, 7) is 0.627. The van der Waals surface area contributed by atoms with Gasteiger partial charge in [0.1, 0.15) is 0 Å². The van der Waals surface area contributed by atoms with Crippen molar-refractivity contribution in [3.8, 4) is 0 Å². The number of carbonyl (C=O) groups excluding carboxylic acids is 1. The molecule has 1 saturated carbocycles. The maximum atomic E-state index is 11.6. The lowest BCUT2D eigenvalue weighted by Gasteiger charge is -2.20. The van der Waals surface area contributed by atoms with Crippen LogP contribution in [-0.4, -0.2) is 27.5 Å². The maximum absolute atomic E-state index is 11.6. The number of carbonyl (C=O) groups is 1. The lowest BCUT2D eigenvalue weighted by Crippen LogP contribution is -2.32. The van der Waals surface area contributed by atoms with Gasteiger partial charge in [-0.2, -0.15) is 0 Å². The monoisotopic (exact) mass is 249 g/mol. The van der Waals surface area contributed by atoms with Gasteiger partial charge < -0.3 is 5.32 Å². The first-order valence-electron chi connectivity index (χ1n) is 5.75. The minimum Gasteiger partial charge on any atom is -0.356 e. The van der Waals surface area contributed by atoms with Crippen LogP contribution in [0.3, 0.4) is 0 Å². The average molecular weight is 249 g/mol. The van der Waals surface area contributed by atoms with Crippen LogP contribution in [-0.2, 0) is 20.0 Å². The lowest BCUT2D eigenvalue weighted by molar-refractivity contribution is -0.125. The Hall–Kier alpha value is -0.620. The lowest BCUT2D eigenvalue weighted by atomic mass is 9.89. The van der Waals surface area contributed by atoms with E-state index in [1.807, 2.05) is 0 Å². The molecule has 0 aromatic heterocycles. The fourth-order valence-corrected chi connectivity index (χ4v) is 2.21. The van der Waals surface area contributed by atoms with Gasteiger partial charge in [0, 0.05) is 12.5 Å². The van der Waals surface area contributed by atoms with Crippen molar-refractivity contribution >= 4 is 16.9 Å². The molecular formula is C10H19NO4S. The first kappa shape index (κ1) is 13.4. The van der Waals surface area contributed by atoms with Crippen molar-refractivity contribution in [2.24, 2.45) is 5.92 Å². The van der Waals surface area contributed by atoms with Gasteiger partial charge in [0.2, 0.25) is 5.91 Å². The van der Waals surface area contributed by atoms with E-state index in [9.17, 15) is 13.2 Å². The normalized spacial score (nSPS) is 17.6. The Morgan fingerprint density at radius 1 is 1.25 bits per heavy atom. The van der Waals surface area contributed by atoms with Gasteiger partial charge in [0.25, 0.3) is 11.0 Å². The quantitative estimate of drug-likeness (QED) is 0.534. The molecule has 0 bridgehead atoms. The smallest absolute Gasteiger partial charge is 0.257 e. The molecule has 1 N–H and O–H groups in total. The van der Waals surface area contributed by atoms with Crippen LogP contribution in [0.5, 0.6) is 0 Å². The minimum atomic E-state index is -2.76. The molecule has 0 atom stereocenters. The number of nitrogens with one attached hydrogen (secondary N) is 1. The zero-order chi connectivity index (χ0) is 11.8. The van der Waals surface area contributed by atoms with Crippen molar-refractivity contribution in [3.63, 3.8) is 0 Å². The van der Waals surface area contributed by atoms with Crippen molar-refractivity contribution < 1.29 is 17.4 Å². The van der Waals surface area contributed by atoms with E-state index in [0.717, 1.165) is 25.7 Å². The van der Waals surface area contributed by atoms with Gasteiger partial charge in [-0.25, -0.2) is 8.42 Å². The molecule has 0 heterocycles. The Morgan fingerprint density at radius 2 is 1.94 bits per heavy atom. The molecule has 0 radical (unpaired) electrons. The second kappa shape index (κ2) is 7.62. The summed E-state index contributed by atoms with van der Waals surface area (Å²) in [5.74, 6) is 0.261. The average Bonchev–Trinajstić information content (AvgIpc) is 2.29. The summed E-state index contributed by atoms with van der Waals surface area (Å²) in [5, 5.41) is 2.81. The van der Waals surface area contributed by atoms with Gasteiger partial charge in [-0.3, -0.25) is 8.98 Å². The molecule has 1 aliphatic carbocycles. The highest BCUT2D eigenvalue weighted by atomic mass is 32.2. The number of amides is 1. The molecule has 1 amide bonds. The van der Waals surface area contributed by atoms with Crippen LogP contribution in [0, 0.1) is 5.92 Å². The molecule has 0 aliphatic heterocycles. The Labute approximate surface area is 97.7 Å². The summed E-state index contributed by atoms with van der Waals surface area (Å²) < 4.78 is 24.5. The highest BCUT2D eigenvalue weighted by molar-refractivity contribution is 7.67. The minimum absolute atomic E-state index is 0.103. The molecule has 0 spiro atoms. The summed E-state index contributed by atoms with van der Waals surface area (Å²) in [7, 11) is -2.76. The Morgan fingerprint density at radius 3 is 2.56 bits per heavy atom. The number of hydrogen-bond donors (Lipinski definition) is 2. The van der Waals surface area contributed by atoms with Gasteiger partial charge in [-0.15, -0.1) is 0 Å². The van der Waals surface area contributed by atoms with Gasteiger partial charge in [-0.1, -0.05) is 19.3 Å². The molecule has 16 heavy (non-hydrogen) atoms. The van der Waals surface area contributed by atoms with Gasteiger partial charge in [0.05, 0.1) is 6.61 Å². The third-order valence-corrected chi connectivity index (χ3v) is 3.19. The molecule has 0 saturated heterocycles. The zero-order valence-corrected chi connectivity index (χ0v) is 10.2. The third-order valence-electron chi connectivity index (χ3n) is 2.79. The SMILES string of the molecule is O=C(NCCCO[SH](=O)=O)C1CCCCC1. The molecule has 94 valence electrons. The van der Waals surface area contributed by atoms with Crippen molar-refractivity contribution in [2.75, 3.05) is 13.2 Å². The van der Waals surface area contributed by atoms with E-state index in [1.165, 1.54) is 6.42 Å². The standard InChI is InChI=1S/C10H19NO4S/c12-10(9-5-2-1-3-6-9)11-7-4-8-15-16(13)14/h9,16H,1-8H2,(H,11,12). The number of hydrogen-bond acceptors (Lipinski definition) is 4. The van der Waals surface area contributed by atoms with E-state index in [2.05, 4.69) is 9.50 Å². The van der Waals surface area contributed by atoms with E-state index in [4.69, 9.17) is 0 Å². The summed E-state index contributed by atoms with van der Waals surface area (Å²) in [6, 6.07) is 0. The molecule has 1 aliphatic rings. The van der Waals surface area contributed by atoms with E-state index >= 15 is 0 Å². The van der Waals surface area contributed by atoms with Gasteiger partial charge in [-0.05, 0) is 19.3 Å². The highest BCUT2D eigenvalue weighted by Crippen LogP contribution is 2.23. The van der Waals surface area contributed by atoms with E-state index in [1.54, 1.807) is 0 Å². The van der Waals surface area contributed by atoms with Crippen LogP contribution >= 0.6 is 0 Å². The van der Waals surface area contributed by atoms with Crippen LogP contribution in [0.15, 0.2) is 0 Å². The second-order valence-corrected chi connectivity index (χ2v) is 4.74. The predicted molar refractivity (Wildman–Crippen MR) is 60.5 cm³/mol. The summed E-state index contributed by atoms with van der Waals surface area (Å²) in [4.78, 5) is 11.6. The molecule has 1 rings (SSSR count). The molecular weight excluding hydrogens is 230 g/mol. The molecule has 6 heteroatoms. The number of thiol groups is 1. The van der Waals surface area contributed by atoms with E-state index < -0.39 is 11.0 Å². The highest BCUT2D eigenvalue weighted by Gasteiger charge is 2.20. The Balaban J connectivity index is 2.05. The first-order chi connectivity index (χ1) is 7.70. The largest absolute Gasteiger partial charge is 0.356 e. The van der Waals surface area contributed by atoms with Crippen LogP contribution in [0.1, 0.15) is 38.5 Å². The fourth-order valence-electron chi connectivity index (χ4n) is 1.93. The second-order valence-electron chi connectivity index (χ2n) is 4.04. The van der Waals surface area contributed by atoms with Crippen LogP contribution in [0.4, 0.5) is 0 Å². The molecule has 0 unspecified atom stereocenters. The number of rotatable bonds is 6. The molecule has 0 aromatic carbocycles. The molecule has 1 fully saturated rings. The van der Waals surface area contributed by atoms with Gasteiger partial charge in [0.15, 0.2) is 0 Å². The maximum Gasteiger partial charge on any atom is 0.257 e. The van der Waals surface area contributed by atoms with E-state index in [-0.39, 0.29) is 18.4 Å². The van der Waals surface area contributed by atoms with Crippen molar-refractivity contribution in [1.82, 2.24) is 5.32 Å². The summed E-state index contributed by atoms with van der Waals surface area (Å²) in [6.07, 6.45) is 6.00. The topological polar surface area (TPSA) is 72.5 Å². The van der Waals surface area contributed by atoms with Crippen molar-refractivity contribution in [1.29, 1.82) is 0 Å². The molecule has 5 nitrogen and oxygen atoms in total. The van der Waals surface area contributed by atoms with E-state index in [0.29, 0.717) is 13.0 Å². The van der Waals surface area contributed by atoms with Crippen LogP contribution < -0.4 is 5.32 Å². The van der Waals surface area contributed by atoms with Crippen LogP contribution in [0.2, 0.25) is 0 Å². The third kappa shape index (κ3) is 5.46. The summed E-state index contributed by atoms with van der Waals surface area (Å²) in [5.41, 5.74) is 0. The van der Waals surface area contributed by atoms with Crippen molar-refractivity contribution in [2.45, 2.75) is 38.5 Å². The Kier molecular flexibility index (Phi) is 6.40. The first-order valence-corrected chi connectivity index (χ1v) is 6.84. The van der Waals surface area contributed by atoms with Gasteiger partial charge >= 0.3 is 0 Å². The molecule has 0 aromatic rings. The zero-order valence-electron chi connectivity index (χ0n) is 9.31. The fraction of sp³-hybridized carbons (Fsp3) is 0.900. The Bertz CT molecular complexity index is 277. The predicted octanol–water partition coefficient (Wildman–Crippen LogP) is 0.616. The van der Waals surface area contributed by atoms with Crippen molar-refractivity contribution in [3.05, 3.63) is 0 Å².